The third-order valence-corrected chi connectivity index (χ3v) is 2.29. The van der Waals surface area contributed by atoms with Crippen LogP contribution in [0.4, 0.5) is 0 Å². The number of aliphatic hydroxyl groups excluding tert-OH is 2. The average molecular weight is 246 g/mol. The van der Waals surface area contributed by atoms with Crippen LogP contribution in [0.3, 0.4) is 0 Å². The lowest BCUT2D eigenvalue weighted by molar-refractivity contribution is 0.136. The Morgan fingerprint density at radius 1 is 1.28 bits per heavy atom. The van der Waals surface area contributed by atoms with Gasteiger partial charge >= 0.3 is 0 Å². The highest BCUT2D eigenvalue weighted by Gasteiger charge is 2.04. The van der Waals surface area contributed by atoms with Gasteiger partial charge in [0.05, 0.1) is 12.7 Å². The Morgan fingerprint density at radius 3 is 2.67 bits per heavy atom. The van der Waals surface area contributed by atoms with E-state index in [1.165, 1.54) is 6.08 Å². The molecule has 3 nitrogen and oxygen atoms in total. The molecule has 0 aromatic heterocycles. The summed E-state index contributed by atoms with van der Waals surface area (Å²) in [7, 11) is 0. The molecular formula is C15H18O3. The number of hydrogen-bond donors (Lipinski definition) is 2. The second kappa shape index (κ2) is 8.48. The van der Waals surface area contributed by atoms with Crippen molar-refractivity contribution in [1.29, 1.82) is 0 Å². The molecule has 0 saturated heterocycles. The molecule has 0 saturated carbocycles. The molecule has 2 atom stereocenters. The van der Waals surface area contributed by atoms with Crippen LogP contribution in [0, 0.1) is 11.8 Å². The summed E-state index contributed by atoms with van der Waals surface area (Å²) in [6.07, 6.45) is -0.0238. The predicted octanol–water partition coefficient (Wildman–Crippen LogP) is 1.50. The molecule has 1 aromatic rings. The minimum Gasteiger partial charge on any atom is -0.389 e. The minimum absolute atomic E-state index is 0.176. The van der Waals surface area contributed by atoms with E-state index in [2.05, 4.69) is 18.4 Å². The maximum absolute atomic E-state index is 9.43. The van der Waals surface area contributed by atoms with E-state index in [0.717, 1.165) is 5.56 Å². The van der Waals surface area contributed by atoms with E-state index in [9.17, 15) is 10.2 Å². The first-order valence-corrected chi connectivity index (χ1v) is 5.81. The summed E-state index contributed by atoms with van der Waals surface area (Å²) in [5, 5.41) is 18.6. The van der Waals surface area contributed by atoms with Crippen LogP contribution in [-0.2, 0) is 11.3 Å². The van der Waals surface area contributed by atoms with Crippen LogP contribution in [0.5, 0.6) is 0 Å². The van der Waals surface area contributed by atoms with Gasteiger partial charge in [0, 0.05) is 6.42 Å². The smallest absolute Gasteiger partial charge is 0.117 e. The summed E-state index contributed by atoms with van der Waals surface area (Å²) < 4.78 is 5.33. The number of ether oxygens (including phenoxy) is 1. The van der Waals surface area contributed by atoms with Gasteiger partial charge in [0.15, 0.2) is 0 Å². The SMILES string of the molecule is C=C[C@@H](O)C[C@@H](O)C#CCOCc1ccccc1. The van der Waals surface area contributed by atoms with Gasteiger partial charge in [-0.15, -0.1) is 6.58 Å². The van der Waals surface area contributed by atoms with Crippen LogP contribution in [0.15, 0.2) is 43.0 Å². The van der Waals surface area contributed by atoms with Crippen LogP contribution >= 0.6 is 0 Å². The normalized spacial score (nSPS) is 13.2. The van der Waals surface area contributed by atoms with Crippen LogP contribution in [0.2, 0.25) is 0 Å². The molecular weight excluding hydrogens is 228 g/mol. The second-order valence-corrected chi connectivity index (χ2v) is 3.85. The fraction of sp³-hybridized carbons (Fsp3) is 0.333. The summed E-state index contributed by atoms with van der Waals surface area (Å²) in [5.41, 5.74) is 1.09. The highest BCUT2D eigenvalue weighted by Crippen LogP contribution is 2.00. The fourth-order valence-corrected chi connectivity index (χ4v) is 1.34. The summed E-state index contributed by atoms with van der Waals surface area (Å²) in [4.78, 5) is 0. The van der Waals surface area contributed by atoms with Crippen molar-refractivity contribution in [2.24, 2.45) is 0 Å². The zero-order valence-corrected chi connectivity index (χ0v) is 10.2. The molecule has 2 N–H and O–H groups in total. The Bertz CT molecular complexity index is 403. The number of rotatable bonds is 6. The monoisotopic (exact) mass is 246 g/mol. The maximum Gasteiger partial charge on any atom is 0.117 e. The molecule has 1 aromatic carbocycles. The van der Waals surface area contributed by atoms with E-state index in [-0.39, 0.29) is 13.0 Å². The van der Waals surface area contributed by atoms with Crippen molar-refractivity contribution < 1.29 is 14.9 Å². The first-order valence-electron chi connectivity index (χ1n) is 5.81. The molecule has 0 fully saturated rings. The van der Waals surface area contributed by atoms with Crippen LogP contribution in [-0.4, -0.2) is 29.0 Å². The van der Waals surface area contributed by atoms with Crippen molar-refractivity contribution in [3.05, 3.63) is 48.6 Å². The van der Waals surface area contributed by atoms with E-state index >= 15 is 0 Å². The van der Waals surface area contributed by atoms with Gasteiger partial charge in [-0.1, -0.05) is 48.2 Å². The lowest BCUT2D eigenvalue weighted by Crippen LogP contribution is -2.13. The highest BCUT2D eigenvalue weighted by atomic mass is 16.5. The van der Waals surface area contributed by atoms with Gasteiger partial charge in [-0.05, 0) is 5.56 Å². The molecule has 18 heavy (non-hydrogen) atoms. The Balaban J connectivity index is 2.20. The molecule has 3 heteroatoms. The lowest BCUT2D eigenvalue weighted by Gasteiger charge is -2.06. The largest absolute Gasteiger partial charge is 0.389 e. The lowest BCUT2D eigenvalue weighted by atomic mass is 10.1. The molecule has 0 heterocycles. The zero-order chi connectivity index (χ0) is 13.2. The second-order valence-electron chi connectivity index (χ2n) is 3.85. The molecule has 0 aliphatic rings. The maximum atomic E-state index is 9.43. The molecule has 0 amide bonds. The molecule has 0 spiro atoms. The average Bonchev–Trinajstić information content (AvgIpc) is 2.39. The van der Waals surface area contributed by atoms with Gasteiger partial charge in [-0.25, -0.2) is 0 Å². The number of aliphatic hydroxyl groups is 2. The van der Waals surface area contributed by atoms with Gasteiger partial charge in [-0.2, -0.15) is 0 Å². The molecule has 1 rings (SSSR count). The van der Waals surface area contributed by atoms with Gasteiger partial charge in [0.25, 0.3) is 0 Å². The van der Waals surface area contributed by atoms with E-state index in [1.54, 1.807) is 0 Å². The summed E-state index contributed by atoms with van der Waals surface area (Å²) in [6, 6.07) is 9.80. The number of benzene rings is 1. The molecule has 0 aliphatic carbocycles. The molecule has 0 radical (unpaired) electrons. The molecule has 0 aliphatic heterocycles. The van der Waals surface area contributed by atoms with E-state index in [1.807, 2.05) is 30.3 Å². The van der Waals surface area contributed by atoms with Gasteiger partial charge in [0.1, 0.15) is 12.7 Å². The molecule has 0 bridgehead atoms. The zero-order valence-electron chi connectivity index (χ0n) is 10.2. The van der Waals surface area contributed by atoms with Gasteiger partial charge in [0.2, 0.25) is 0 Å². The third kappa shape index (κ3) is 6.21. The van der Waals surface area contributed by atoms with E-state index in [4.69, 9.17) is 4.74 Å². The van der Waals surface area contributed by atoms with Crippen molar-refractivity contribution in [3.8, 4) is 11.8 Å². The quantitative estimate of drug-likeness (QED) is 0.454. The predicted molar refractivity (Wildman–Crippen MR) is 70.7 cm³/mol. The van der Waals surface area contributed by atoms with Crippen LogP contribution in [0.25, 0.3) is 0 Å². The molecule has 0 unspecified atom stereocenters. The first-order chi connectivity index (χ1) is 8.72. The minimum atomic E-state index is -0.849. The van der Waals surface area contributed by atoms with E-state index in [0.29, 0.717) is 6.61 Å². The first kappa shape index (κ1) is 14.5. The third-order valence-electron chi connectivity index (χ3n) is 2.29. The Kier molecular flexibility index (Phi) is 6.82. The highest BCUT2D eigenvalue weighted by molar-refractivity contribution is 5.13. The van der Waals surface area contributed by atoms with Crippen molar-refractivity contribution in [2.45, 2.75) is 25.2 Å². The van der Waals surface area contributed by atoms with Gasteiger partial charge in [-0.3, -0.25) is 0 Å². The van der Waals surface area contributed by atoms with E-state index < -0.39 is 12.2 Å². The van der Waals surface area contributed by atoms with Crippen LogP contribution < -0.4 is 0 Å². The van der Waals surface area contributed by atoms with Crippen molar-refractivity contribution in [1.82, 2.24) is 0 Å². The summed E-state index contributed by atoms with van der Waals surface area (Å²) in [6.45, 7) is 4.18. The van der Waals surface area contributed by atoms with Crippen molar-refractivity contribution in [2.75, 3.05) is 6.61 Å². The summed E-state index contributed by atoms with van der Waals surface area (Å²) >= 11 is 0. The van der Waals surface area contributed by atoms with Crippen LogP contribution in [0.1, 0.15) is 12.0 Å². The topological polar surface area (TPSA) is 49.7 Å². The fourth-order valence-electron chi connectivity index (χ4n) is 1.34. The molecule has 96 valence electrons. The Labute approximate surface area is 108 Å². The Hall–Kier alpha value is -1.60. The van der Waals surface area contributed by atoms with Crippen molar-refractivity contribution >= 4 is 0 Å². The Morgan fingerprint density at radius 2 is 2.00 bits per heavy atom. The number of hydrogen-bond acceptors (Lipinski definition) is 3. The van der Waals surface area contributed by atoms with Gasteiger partial charge < -0.3 is 14.9 Å². The standard InChI is InChI=1S/C15H18O3/c1-2-14(16)11-15(17)9-6-10-18-12-13-7-4-3-5-8-13/h2-5,7-8,14-17H,1,10-12H2/t14-,15+/m1/s1. The van der Waals surface area contributed by atoms with Crippen molar-refractivity contribution in [3.63, 3.8) is 0 Å². The summed E-state index contributed by atoms with van der Waals surface area (Å²) in [5.74, 6) is 5.32.